The molecule has 0 radical (unpaired) electrons. The third-order valence-electron chi connectivity index (χ3n) is 7.58. The lowest BCUT2D eigenvalue weighted by atomic mass is 9.91. The first-order valence-corrected chi connectivity index (χ1v) is 13.7. The zero-order valence-electron chi connectivity index (χ0n) is 22.5. The van der Waals surface area contributed by atoms with Gasteiger partial charge in [-0.3, -0.25) is 9.69 Å². The minimum atomic E-state index is -4.74. The summed E-state index contributed by atoms with van der Waals surface area (Å²) in [5, 5.41) is 12.6. The van der Waals surface area contributed by atoms with E-state index < -0.39 is 34.2 Å². The molecule has 0 bridgehead atoms. The maximum atomic E-state index is 13.6. The fourth-order valence-corrected chi connectivity index (χ4v) is 6.11. The van der Waals surface area contributed by atoms with Crippen LogP contribution in [0.3, 0.4) is 0 Å². The number of alkyl halides is 3. The minimum absolute atomic E-state index is 0.0118. The van der Waals surface area contributed by atoms with Gasteiger partial charge in [-0.1, -0.05) is 6.92 Å². The van der Waals surface area contributed by atoms with Crippen molar-refractivity contribution in [3.8, 4) is 11.9 Å². The van der Waals surface area contributed by atoms with Crippen molar-refractivity contribution >= 4 is 29.9 Å². The van der Waals surface area contributed by atoms with Gasteiger partial charge in [-0.2, -0.15) is 18.4 Å². The smallest absolute Gasteiger partial charge is 0.417 e. The molecule has 1 unspecified atom stereocenters. The zero-order chi connectivity index (χ0) is 28.5. The number of thiol groups is 1. The van der Waals surface area contributed by atoms with Gasteiger partial charge in [-0.15, -0.1) is 12.6 Å². The summed E-state index contributed by atoms with van der Waals surface area (Å²) in [5.41, 5.74) is -2.14. The van der Waals surface area contributed by atoms with E-state index in [-0.39, 0.29) is 5.69 Å². The van der Waals surface area contributed by atoms with Crippen LogP contribution < -0.4 is 19.9 Å². The molecule has 2 fully saturated rings. The van der Waals surface area contributed by atoms with Crippen LogP contribution in [0, 0.1) is 17.2 Å². The average molecular weight is 562 g/mol. The van der Waals surface area contributed by atoms with Gasteiger partial charge in [0.15, 0.2) is 5.50 Å². The van der Waals surface area contributed by atoms with E-state index in [0.29, 0.717) is 36.6 Å². The van der Waals surface area contributed by atoms with Crippen LogP contribution in [-0.2, 0) is 17.4 Å². The molecule has 3 heterocycles. The molecule has 0 saturated carbocycles. The Kier molecular flexibility index (Phi) is 8.38. The van der Waals surface area contributed by atoms with E-state index >= 15 is 0 Å². The summed E-state index contributed by atoms with van der Waals surface area (Å²) in [6, 6.07) is 7.22. The van der Waals surface area contributed by atoms with E-state index in [1.54, 1.807) is 31.0 Å². The van der Waals surface area contributed by atoms with E-state index in [1.807, 2.05) is 13.0 Å². The first-order chi connectivity index (χ1) is 18.4. The number of pyridine rings is 1. The summed E-state index contributed by atoms with van der Waals surface area (Å²) in [6.07, 6.45) is 0.717. The van der Waals surface area contributed by atoms with Gasteiger partial charge < -0.3 is 15.0 Å². The van der Waals surface area contributed by atoms with Crippen molar-refractivity contribution in [2.45, 2.75) is 76.6 Å². The van der Waals surface area contributed by atoms with E-state index in [4.69, 9.17) is 10.00 Å². The normalized spacial score (nSPS) is 23.2. The summed E-state index contributed by atoms with van der Waals surface area (Å²) >= 11 is 4.67. The molecule has 1 aromatic carbocycles. The molecule has 39 heavy (non-hydrogen) atoms. The fraction of sp³-hybridized carbons (Fsp3) is 0.536. The summed E-state index contributed by atoms with van der Waals surface area (Å²) in [6.45, 7) is 9.16. The maximum Gasteiger partial charge on any atom is 0.417 e. The van der Waals surface area contributed by atoms with Crippen LogP contribution in [0.25, 0.3) is 0 Å². The fourth-order valence-electron chi connectivity index (χ4n) is 5.45. The van der Waals surface area contributed by atoms with Gasteiger partial charge in [-0.05, 0) is 83.2 Å². The van der Waals surface area contributed by atoms with Crippen LogP contribution >= 0.6 is 12.6 Å². The number of benzene rings is 1. The second kappa shape index (κ2) is 11.3. The van der Waals surface area contributed by atoms with Gasteiger partial charge in [0, 0.05) is 17.3 Å². The minimum Gasteiger partial charge on any atom is -0.477 e. The molecule has 7 nitrogen and oxygen atoms in total. The van der Waals surface area contributed by atoms with Crippen molar-refractivity contribution in [2.75, 3.05) is 23.0 Å². The predicted octanol–water partition coefficient (Wildman–Crippen LogP) is 5.54. The predicted molar refractivity (Wildman–Crippen MR) is 147 cm³/mol. The number of rotatable bonds is 7. The molecule has 2 saturated heterocycles. The van der Waals surface area contributed by atoms with Gasteiger partial charge in [-0.25, -0.2) is 4.98 Å². The number of aryl methyl sites for hydroxylation is 1. The first-order valence-electron chi connectivity index (χ1n) is 13.2. The number of nitrogens with one attached hydrogen (secondary N) is 1. The molecule has 1 aromatic heterocycles. The zero-order valence-corrected chi connectivity index (χ0v) is 23.4. The van der Waals surface area contributed by atoms with Crippen LogP contribution in [0.2, 0.25) is 0 Å². The van der Waals surface area contributed by atoms with Gasteiger partial charge in [0.25, 0.3) is 5.91 Å². The molecule has 1 N–H and O–H groups in total. The number of hydrogen-bond acceptors (Lipinski definition) is 7. The van der Waals surface area contributed by atoms with Gasteiger partial charge in [0.2, 0.25) is 5.88 Å². The Morgan fingerprint density at radius 1 is 1.28 bits per heavy atom. The Hall–Kier alpha value is -2.97. The number of aromatic nitrogens is 1. The average Bonchev–Trinajstić information content (AvgIpc) is 3.06. The van der Waals surface area contributed by atoms with Crippen LogP contribution in [0.1, 0.15) is 63.6 Å². The topological polar surface area (TPSA) is 81.5 Å². The van der Waals surface area contributed by atoms with E-state index in [2.05, 4.69) is 29.9 Å². The second-order valence-electron chi connectivity index (χ2n) is 10.7. The number of anilines is 2. The van der Waals surface area contributed by atoms with Crippen LogP contribution in [0.5, 0.6) is 5.88 Å². The van der Waals surface area contributed by atoms with Crippen LogP contribution in [0.4, 0.5) is 24.5 Å². The lowest BCUT2D eigenvalue weighted by Crippen LogP contribution is -2.45. The number of nitrogens with zero attached hydrogens (tertiary/aromatic N) is 4. The number of halogens is 3. The summed E-state index contributed by atoms with van der Waals surface area (Å²) < 4.78 is 46.9. The van der Waals surface area contributed by atoms with Gasteiger partial charge >= 0.3 is 6.18 Å². The van der Waals surface area contributed by atoms with Gasteiger partial charge in [0.1, 0.15) is 5.54 Å². The summed E-state index contributed by atoms with van der Waals surface area (Å²) in [5.74, 6) is 0.731. The lowest BCUT2D eigenvalue weighted by Gasteiger charge is -2.33. The van der Waals surface area contributed by atoms with Crippen molar-refractivity contribution in [2.24, 2.45) is 5.92 Å². The standard InChI is InChI=1S/C28H34F3N5O2S/c1-5-19-13-22(16-34-24(19)38-11-9-18-8-10-33-17(2)12-18)36-26(39)35(25(37)27(36,3)4)21-7-6-20(15-32)23(14-21)28(29,30)31/h6-7,13-14,16-18,26,33,39H,5,8-12H2,1-4H3/t17-,18-,26?/m0/s1. The molecule has 1 amide bonds. The molecule has 2 aliphatic heterocycles. The lowest BCUT2D eigenvalue weighted by molar-refractivity contribution is -0.137. The molecule has 4 rings (SSSR count). The van der Waals surface area contributed by atoms with Gasteiger partial charge in [0.05, 0.1) is 35.7 Å². The highest BCUT2D eigenvalue weighted by atomic mass is 32.1. The Labute approximate surface area is 232 Å². The third-order valence-corrected chi connectivity index (χ3v) is 8.04. The molecule has 210 valence electrons. The number of ether oxygens (including phenoxy) is 1. The van der Waals surface area contributed by atoms with E-state index in [9.17, 15) is 18.0 Å². The van der Waals surface area contributed by atoms with Crippen LogP contribution in [0.15, 0.2) is 30.5 Å². The third kappa shape index (κ3) is 5.82. The Morgan fingerprint density at radius 2 is 2.03 bits per heavy atom. The molecule has 2 aliphatic rings. The largest absolute Gasteiger partial charge is 0.477 e. The van der Waals surface area contributed by atoms with Crippen molar-refractivity contribution in [1.29, 1.82) is 5.26 Å². The highest BCUT2D eigenvalue weighted by Crippen LogP contribution is 2.42. The second-order valence-corrected chi connectivity index (χ2v) is 11.1. The SMILES string of the molecule is CCc1cc(N2C(S)N(c3ccc(C#N)c(C(F)(F)F)c3)C(=O)C2(C)C)cnc1OCC[C@@H]1CCN[C@@H](C)C1. The number of amides is 1. The Morgan fingerprint density at radius 3 is 2.67 bits per heavy atom. The number of hydrogen-bond donors (Lipinski definition) is 2. The number of carbonyl (C=O) groups is 1. The number of carbonyl (C=O) groups excluding carboxylic acids is 1. The van der Waals surface area contributed by atoms with Crippen molar-refractivity contribution in [3.05, 3.63) is 47.2 Å². The number of piperidine rings is 1. The number of nitriles is 1. The molecule has 0 aliphatic carbocycles. The highest BCUT2D eigenvalue weighted by molar-refractivity contribution is 7.81. The van der Waals surface area contributed by atoms with Crippen molar-refractivity contribution in [3.63, 3.8) is 0 Å². The molecule has 2 aromatic rings. The quantitative estimate of drug-likeness (QED) is 0.433. The van der Waals surface area contributed by atoms with Crippen LogP contribution in [-0.4, -0.2) is 41.1 Å². The monoisotopic (exact) mass is 561 g/mol. The molecule has 3 atom stereocenters. The van der Waals surface area contributed by atoms with E-state index in [1.165, 1.54) is 11.0 Å². The molecular weight excluding hydrogens is 527 g/mol. The maximum absolute atomic E-state index is 13.6. The molecular formula is C28H34F3N5O2S. The molecule has 11 heteroatoms. The first kappa shape index (κ1) is 29.0. The summed E-state index contributed by atoms with van der Waals surface area (Å²) in [4.78, 5) is 21.0. The Bertz CT molecular complexity index is 1260. The van der Waals surface area contributed by atoms with E-state index in [0.717, 1.165) is 43.5 Å². The molecule has 0 spiro atoms. The van der Waals surface area contributed by atoms with Crippen molar-refractivity contribution < 1.29 is 22.7 Å². The van der Waals surface area contributed by atoms with Crippen molar-refractivity contribution in [1.82, 2.24) is 10.3 Å². The Balaban J connectivity index is 1.58. The summed E-state index contributed by atoms with van der Waals surface area (Å²) in [7, 11) is 0. The highest BCUT2D eigenvalue weighted by Gasteiger charge is 2.52.